The predicted octanol–water partition coefficient (Wildman–Crippen LogP) is 3.05. The van der Waals surface area contributed by atoms with Gasteiger partial charge in [-0.15, -0.1) is 0 Å². The normalized spacial score (nSPS) is 12.0. The maximum absolute atomic E-state index is 13.6. The fourth-order valence-electron chi connectivity index (χ4n) is 2.06. The third-order valence-corrected chi connectivity index (χ3v) is 3.23. The van der Waals surface area contributed by atoms with Crippen LogP contribution in [0, 0.1) is 11.6 Å². The molecule has 0 bridgehead atoms. The van der Waals surface area contributed by atoms with Gasteiger partial charge in [-0.25, -0.2) is 8.78 Å². The Hall–Kier alpha value is -2.50. The molecule has 4 nitrogen and oxygen atoms in total. The SMILES string of the molecule is C[C@H](CC(=O)NCC(=O)c1ccco1)c1ccc(F)cc1F. The number of benzene rings is 1. The van der Waals surface area contributed by atoms with Crippen molar-refractivity contribution < 1.29 is 22.8 Å². The van der Waals surface area contributed by atoms with Crippen LogP contribution in [0.1, 0.15) is 35.4 Å². The summed E-state index contributed by atoms with van der Waals surface area (Å²) < 4.78 is 31.4. The van der Waals surface area contributed by atoms with Crippen LogP contribution in [0.5, 0.6) is 0 Å². The van der Waals surface area contributed by atoms with E-state index in [0.717, 1.165) is 12.1 Å². The van der Waals surface area contributed by atoms with Gasteiger partial charge in [0.05, 0.1) is 12.8 Å². The maximum Gasteiger partial charge on any atom is 0.220 e. The number of carbonyl (C=O) groups excluding carboxylic acids is 2. The molecule has 1 amide bonds. The summed E-state index contributed by atoms with van der Waals surface area (Å²) in [5, 5.41) is 2.46. The van der Waals surface area contributed by atoms with E-state index in [-0.39, 0.29) is 30.1 Å². The van der Waals surface area contributed by atoms with Crippen LogP contribution in [-0.2, 0) is 4.79 Å². The van der Waals surface area contributed by atoms with Crippen molar-refractivity contribution in [1.29, 1.82) is 0 Å². The monoisotopic (exact) mass is 307 g/mol. The summed E-state index contributed by atoms with van der Waals surface area (Å²) in [5.41, 5.74) is 0.258. The Kier molecular flexibility index (Phi) is 5.04. The lowest BCUT2D eigenvalue weighted by Gasteiger charge is -2.12. The summed E-state index contributed by atoms with van der Waals surface area (Å²) in [4.78, 5) is 23.4. The first-order chi connectivity index (χ1) is 10.5. The van der Waals surface area contributed by atoms with Gasteiger partial charge in [0.2, 0.25) is 11.7 Å². The van der Waals surface area contributed by atoms with Crippen molar-refractivity contribution in [1.82, 2.24) is 5.32 Å². The van der Waals surface area contributed by atoms with Gasteiger partial charge in [-0.3, -0.25) is 9.59 Å². The number of carbonyl (C=O) groups is 2. The number of hydrogen-bond donors (Lipinski definition) is 1. The minimum Gasteiger partial charge on any atom is -0.461 e. The van der Waals surface area contributed by atoms with Gasteiger partial charge in [-0.2, -0.15) is 0 Å². The Labute approximate surface area is 126 Å². The number of hydrogen-bond acceptors (Lipinski definition) is 3. The van der Waals surface area contributed by atoms with Crippen molar-refractivity contribution in [2.75, 3.05) is 6.54 Å². The highest BCUT2D eigenvalue weighted by atomic mass is 19.1. The Morgan fingerprint density at radius 3 is 2.68 bits per heavy atom. The van der Waals surface area contributed by atoms with Crippen molar-refractivity contribution in [2.45, 2.75) is 19.3 Å². The zero-order chi connectivity index (χ0) is 16.1. The number of nitrogens with one attached hydrogen (secondary N) is 1. The summed E-state index contributed by atoms with van der Waals surface area (Å²) in [6.07, 6.45) is 1.36. The highest BCUT2D eigenvalue weighted by molar-refractivity contribution is 5.97. The molecule has 2 rings (SSSR count). The van der Waals surface area contributed by atoms with Crippen molar-refractivity contribution in [2.24, 2.45) is 0 Å². The van der Waals surface area contributed by atoms with E-state index in [2.05, 4.69) is 5.32 Å². The number of rotatable bonds is 6. The van der Waals surface area contributed by atoms with Crippen LogP contribution in [0.25, 0.3) is 0 Å². The average Bonchev–Trinajstić information content (AvgIpc) is 2.98. The minimum atomic E-state index is -0.688. The highest BCUT2D eigenvalue weighted by Gasteiger charge is 2.17. The second-order valence-corrected chi connectivity index (χ2v) is 4.95. The molecule has 0 fully saturated rings. The van der Waals surface area contributed by atoms with E-state index in [1.54, 1.807) is 13.0 Å². The standard InChI is InChI=1S/C16H15F2NO3/c1-10(12-5-4-11(17)8-13(12)18)7-16(21)19-9-14(20)15-3-2-6-22-15/h2-6,8,10H,7,9H2,1H3,(H,19,21)/t10-/m1/s1. The lowest BCUT2D eigenvalue weighted by molar-refractivity contribution is -0.121. The van der Waals surface area contributed by atoms with Crippen LogP contribution in [0.3, 0.4) is 0 Å². The molecule has 0 spiro atoms. The number of Topliss-reactive ketones (excluding diaryl/α,β-unsaturated/α-hetero) is 1. The van der Waals surface area contributed by atoms with Crippen LogP contribution in [0.15, 0.2) is 41.0 Å². The molecule has 0 aliphatic carbocycles. The van der Waals surface area contributed by atoms with Gasteiger partial charge in [0, 0.05) is 12.5 Å². The van der Waals surface area contributed by atoms with Gasteiger partial charge in [0.1, 0.15) is 11.6 Å². The van der Waals surface area contributed by atoms with Crippen LogP contribution in [-0.4, -0.2) is 18.2 Å². The molecular weight excluding hydrogens is 292 g/mol. The molecule has 1 heterocycles. The molecule has 0 unspecified atom stereocenters. The van der Waals surface area contributed by atoms with Crippen molar-refractivity contribution in [3.63, 3.8) is 0 Å². The van der Waals surface area contributed by atoms with Crippen molar-refractivity contribution in [3.05, 3.63) is 59.6 Å². The molecular formula is C16H15F2NO3. The molecule has 22 heavy (non-hydrogen) atoms. The molecule has 0 aliphatic heterocycles. The number of ketones is 1. The summed E-state index contributed by atoms with van der Waals surface area (Å²) in [5.74, 6) is -2.36. The summed E-state index contributed by atoms with van der Waals surface area (Å²) in [6, 6.07) is 6.33. The van der Waals surface area contributed by atoms with E-state index in [9.17, 15) is 18.4 Å². The number of amides is 1. The largest absolute Gasteiger partial charge is 0.461 e. The molecule has 1 atom stereocenters. The van der Waals surface area contributed by atoms with E-state index < -0.39 is 23.5 Å². The minimum absolute atomic E-state index is 0.00597. The second kappa shape index (κ2) is 6.98. The Balaban J connectivity index is 1.87. The first kappa shape index (κ1) is 15.9. The van der Waals surface area contributed by atoms with Gasteiger partial charge in [0.15, 0.2) is 5.76 Å². The number of furan rings is 1. The quantitative estimate of drug-likeness (QED) is 0.834. The number of halogens is 2. The zero-order valence-electron chi connectivity index (χ0n) is 11.9. The lowest BCUT2D eigenvalue weighted by Crippen LogP contribution is -2.30. The molecule has 2 aromatic rings. The molecule has 0 saturated carbocycles. The predicted molar refractivity (Wildman–Crippen MR) is 75.4 cm³/mol. The van der Waals surface area contributed by atoms with E-state index >= 15 is 0 Å². The van der Waals surface area contributed by atoms with E-state index in [4.69, 9.17) is 4.42 Å². The first-order valence-corrected chi connectivity index (χ1v) is 6.75. The molecule has 0 saturated heterocycles. The van der Waals surface area contributed by atoms with Gasteiger partial charge < -0.3 is 9.73 Å². The first-order valence-electron chi connectivity index (χ1n) is 6.75. The van der Waals surface area contributed by atoms with Gasteiger partial charge in [0.25, 0.3) is 0 Å². The van der Waals surface area contributed by atoms with Crippen molar-refractivity contribution >= 4 is 11.7 Å². The van der Waals surface area contributed by atoms with Crippen molar-refractivity contribution in [3.8, 4) is 0 Å². The van der Waals surface area contributed by atoms with Crippen LogP contribution in [0.4, 0.5) is 8.78 Å². The third-order valence-electron chi connectivity index (χ3n) is 3.23. The zero-order valence-corrected chi connectivity index (χ0v) is 11.9. The molecule has 1 N–H and O–H groups in total. The van der Waals surface area contributed by atoms with Gasteiger partial charge in [-0.05, 0) is 29.7 Å². The smallest absolute Gasteiger partial charge is 0.220 e. The topological polar surface area (TPSA) is 59.3 Å². The molecule has 1 aromatic heterocycles. The molecule has 116 valence electrons. The average molecular weight is 307 g/mol. The summed E-state index contributed by atoms with van der Waals surface area (Å²) in [7, 11) is 0. The fourth-order valence-corrected chi connectivity index (χ4v) is 2.06. The Morgan fingerprint density at radius 1 is 1.27 bits per heavy atom. The molecule has 0 radical (unpaired) electrons. The van der Waals surface area contributed by atoms with E-state index in [1.165, 1.54) is 18.4 Å². The molecule has 0 aliphatic rings. The molecule has 6 heteroatoms. The van der Waals surface area contributed by atoms with E-state index in [1.807, 2.05) is 0 Å². The van der Waals surface area contributed by atoms with Crippen LogP contribution < -0.4 is 5.32 Å². The summed E-state index contributed by atoms with van der Waals surface area (Å²) >= 11 is 0. The van der Waals surface area contributed by atoms with Gasteiger partial charge in [-0.1, -0.05) is 13.0 Å². The maximum atomic E-state index is 13.6. The Bertz CT molecular complexity index is 668. The second-order valence-electron chi connectivity index (χ2n) is 4.95. The summed E-state index contributed by atoms with van der Waals surface area (Å²) in [6.45, 7) is 1.47. The highest BCUT2D eigenvalue weighted by Crippen LogP contribution is 2.22. The Morgan fingerprint density at radius 2 is 2.05 bits per heavy atom. The van der Waals surface area contributed by atoms with E-state index in [0.29, 0.717) is 0 Å². The van der Waals surface area contributed by atoms with Crippen LogP contribution in [0.2, 0.25) is 0 Å². The van der Waals surface area contributed by atoms with Crippen LogP contribution >= 0.6 is 0 Å². The molecule has 1 aromatic carbocycles. The lowest BCUT2D eigenvalue weighted by atomic mass is 9.97. The van der Waals surface area contributed by atoms with Gasteiger partial charge >= 0.3 is 0 Å². The third kappa shape index (κ3) is 4.00. The fraction of sp³-hybridized carbons (Fsp3) is 0.250.